The Morgan fingerprint density at radius 1 is 1.33 bits per heavy atom. The molecule has 15 heavy (non-hydrogen) atoms. The van der Waals surface area contributed by atoms with Crippen molar-refractivity contribution < 1.29 is 13.2 Å². The molecule has 5 heteroatoms. The van der Waals surface area contributed by atoms with Crippen LogP contribution in [0.3, 0.4) is 0 Å². The molecule has 0 unspecified atom stereocenters. The lowest BCUT2D eigenvalue weighted by atomic mass is 10.3. The van der Waals surface area contributed by atoms with Crippen molar-refractivity contribution >= 4 is 10.0 Å². The molecule has 0 radical (unpaired) electrons. The van der Waals surface area contributed by atoms with Crippen molar-refractivity contribution in [2.24, 2.45) is 0 Å². The van der Waals surface area contributed by atoms with Gasteiger partial charge in [-0.2, -0.15) is 0 Å². The van der Waals surface area contributed by atoms with Crippen LogP contribution in [-0.2, 0) is 14.8 Å². The van der Waals surface area contributed by atoms with E-state index in [-0.39, 0.29) is 5.75 Å². The molecule has 1 rings (SSSR count). The van der Waals surface area contributed by atoms with Gasteiger partial charge in [0.05, 0.1) is 18.5 Å². The maximum absolute atomic E-state index is 11.3. The second kappa shape index (κ2) is 6.45. The van der Waals surface area contributed by atoms with Gasteiger partial charge in [-0.15, -0.1) is 0 Å². The van der Waals surface area contributed by atoms with E-state index in [9.17, 15) is 8.42 Å². The number of sulfonamides is 1. The average molecular weight is 235 g/mol. The van der Waals surface area contributed by atoms with Gasteiger partial charge in [-0.05, 0) is 19.3 Å². The Balaban J connectivity index is 2.05. The summed E-state index contributed by atoms with van der Waals surface area (Å²) >= 11 is 0. The molecule has 1 saturated carbocycles. The summed E-state index contributed by atoms with van der Waals surface area (Å²) in [6.45, 7) is 2.75. The third kappa shape index (κ3) is 5.49. The number of rotatable bonds is 7. The fraction of sp³-hybridized carbons (Fsp3) is 1.00. The fourth-order valence-electron chi connectivity index (χ4n) is 1.82. The molecule has 1 fully saturated rings. The van der Waals surface area contributed by atoms with Crippen LogP contribution < -0.4 is 4.72 Å². The van der Waals surface area contributed by atoms with E-state index in [0.717, 1.165) is 12.8 Å². The van der Waals surface area contributed by atoms with Gasteiger partial charge in [0.25, 0.3) is 0 Å². The molecule has 0 amide bonds. The largest absolute Gasteiger partial charge is 0.377 e. The lowest BCUT2D eigenvalue weighted by Gasteiger charge is -2.11. The van der Waals surface area contributed by atoms with Crippen molar-refractivity contribution in [1.82, 2.24) is 4.72 Å². The van der Waals surface area contributed by atoms with Crippen molar-refractivity contribution in [2.45, 2.75) is 45.1 Å². The lowest BCUT2D eigenvalue weighted by molar-refractivity contribution is 0.0626. The predicted molar refractivity (Wildman–Crippen MR) is 60.3 cm³/mol. The maximum Gasteiger partial charge on any atom is 0.211 e. The van der Waals surface area contributed by atoms with Gasteiger partial charge in [0, 0.05) is 6.54 Å². The number of ether oxygens (including phenoxy) is 1. The summed E-state index contributed by atoms with van der Waals surface area (Å²) in [5.41, 5.74) is 0. The smallest absolute Gasteiger partial charge is 0.211 e. The van der Waals surface area contributed by atoms with Crippen molar-refractivity contribution in [3.63, 3.8) is 0 Å². The summed E-state index contributed by atoms with van der Waals surface area (Å²) in [5, 5.41) is 0. The zero-order valence-electron chi connectivity index (χ0n) is 9.37. The first-order chi connectivity index (χ1) is 7.14. The average Bonchev–Trinajstić information content (AvgIpc) is 2.65. The molecule has 1 aliphatic rings. The maximum atomic E-state index is 11.3. The molecule has 0 aliphatic heterocycles. The van der Waals surface area contributed by atoms with Gasteiger partial charge in [0.1, 0.15) is 0 Å². The van der Waals surface area contributed by atoms with Gasteiger partial charge in [-0.25, -0.2) is 13.1 Å². The summed E-state index contributed by atoms with van der Waals surface area (Å²) in [7, 11) is -3.06. The summed E-state index contributed by atoms with van der Waals surface area (Å²) in [6, 6.07) is 0. The minimum absolute atomic E-state index is 0.205. The molecule has 4 nitrogen and oxygen atoms in total. The van der Waals surface area contributed by atoms with Gasteiger partial charge in [-0.1, -0.05) is 19.8 Å². The highest BCUT2D eigenvalue weighted by atomic mass is 32.2. The van der Waals surface area contributed by atoms with Crippen LogP contribution in [0, 0.1) is 0 Å². The molecule has 0 heterocycles. The number of hydrogen-bond donors (Lipinski definition) is 1. The van der Waals surface area contributed by atoms with E-state index in [1.807, 2.05) is 6.92 Å². The highest BCUT2D eigenvalue weighted by molar-refractivity contribution is 7.89. The molecule has 90 valence electrons. The van der Waals surface area contributed by atoms with Crippen LogP contribution in [0.2, 0.25) is 0 Å². The SMILES string of the molecule is CCCS(=O)(=O)NCCOC1CCCC1. The molecule has 1 N–H and O–H groups in total. The quantitative estimate of drug-likeness (QED) is 0.676. The first-order valence-electron chi connectivity index (χ1n) is 5.73. The van der Waals surface area contributed by atoms with Crippen molar-refractivity contribution in [3.05, 3.63) is 0 Å². The normalized spacial score (nSPS) is 18.5. The standard InChI is InChI=1S/C10H21NO3S/c1-2-9-15(12,13)11-7-8-14-10-5-3-4-6-10/h10-11H,2-9H2,1H3. The van der Waals surface area contributed by atoms with Gasteiger partial charge in [0.2, 0.25) is 10.0 Å². The van der Waals surface area contributed by atoms with Crippen LogP contribution >= 0.6 is 0 Å². The van der Waals surface area contributed by atoms with E-state index in [1.54, 1.807) is 0 Å². The Labute approximate surface area is 92.4 Å². The van der Waals surface area contributed by atoms with E-state index in [0.29, 0.717) is 25.7 Å². The van der Waals surface area contributed by atoms with E-state index in [1.165, 1.54) is 12.8 Å². The van der Waals surface area contributed by atoms with Crippen LogP contribution in [0.4, 0.5) is 0 Å². The van der Waals surface area contributed by atoms with Crippen molar-refractivity contribution in [2.75, 3.05) is 18.9 Å². The minimum atomic E-state index is -3.06. The number of hydrogen-bond acceptors (Lipinski definition) is 3. The van der Waals surface area contributed by atoms with Gasteiger partial charge < -0.3 is 4.74 Å². The van der Waals surface area contributed by atoms with E-state index in [2.05, 4.69) is 4.72 Å². The first-order valence-corrected chi connectivity index (χ1v) is 7.38. The molecule has 0 atom stereocenters. The van der Waals surface area contributed by atoms with Gasteiger partial charge >= 0.3 is 0 Å². The zero-order valence-corrected chi connectivity index (χ0v) is 10.2. The van der Waals surface area contributed by atoms with E-state index >= 15 is 0 Å². The van der Waals surface area contributed by atoms with E-state index in [4.69, 9.17) is 4.74 Å². The molecule has 0 aromatic carbocycles. The molecule has 0 bridgehead atoms. The topological polar surface area (TPSA) is 55.4 Å². The summed E-state index contributed by atoms with van der Waals surface area (Å²) in [6.07, 6.45) is 5.75. The Kier molecular flexibility index (Phi) is 5.56. The fourth-order valence-corrected chi connectivity index (χ4v) is 2.89. The Morgan fingerprint density at radius 2 is 2.00 bits per heavy atom. The Hall–Kier alpha value is -0.130. The minimum Gasteiger partial charge on any atom is -0.377 e. The van der Waals surface area contributed by atoms with Crippen LogP contribution in [0.25, 0.3) is 0 Å². The Morgan fingerprint density at radius 3 is 2.60 bits per heavy atom. The molecular formula is C10H21NO3S. The third-order valence-electron chi connectivity index (χ3n) is 2.55. The lowest BCUT2D eigenvalue weighted by Crippen LogP contribution is -2.30. The molecule has 0 aromatic heterocycles. The van der Waals surface area contributed by atoms with Crippen molar-refractivity contribution in [3.8, 4) is 0 Å². The monoisotopic (exact) mass is 235 g/mol. The molecule has 1 aliphatic carbocycles. The second-order valence-corrected chi connectivity index (χ2v) is 5.92. The van der Waals surface area contributed by atoms with Gasteiger partial charge in [-0.3, -0.25) is 0 Å². The third-order valence-corrected chi connectivity index (χ3v) is 4.14. The first kappa shape index (κ1) is 12.9. The highest BCUT2D eigenvalue weighted by Gasteiger charge is 2.15. The molecule has 0 saturated heterocycles. The Bertz CT molecular complexity index is 258. The van der Waals surface area contributed by atoms with Crippen LogP contribution in [-0.4, -0.2) is 33.4 Å². The van der Waals surface area contributed by atoms with Crippen molar-refractivity contribution in [1.29, 1.82) is 0 Å². The summed E-state index contributed by atoms with van der Waals surface area (Å²) < 4.78 is 30.6. The second-order valence-electron chi connectivity index (χ2n) is 3.99. The predicted octanol–water partition coefficient (Wildman–Crippen LogP) is 1.27. The van der Waals surface area contributed by atoms with Gasteiger partial charge in [0.15, 0.2) is 0 Å². The molecular weight excluding hydrogens is 214 g/mol. The number of nitrogens with one attached hydrogen (secondary N) is 1. The molecule has 0 spiro atoms. The van der Waals surface area contributed by atoms with Crippen LogP contribution in [0.1, 0.15) is 39.0 Å². The van der Waals surface area contributed by atoms with Crippen LogP contribution in [0.5, 0.6) is 0 Å². The highest BCUT2D eigenvalue weighted by Crippen LogP contribution is 2.20. The van der Waals surface area contributed by atoms with Crippen LogP contribution in [0.15, 0.2) is 0 Å². The summed E-state index contributed by atoms with van der Waals surface area (Å²) in [5.74, 6) is 0.205. The summed E-state index contributed by atoms with van der Waals surface area (Å²) in [4.78, 5) is 0. The zero-order chi connectivity index (χ0) is 11.1. The van der Waals surface area contributed by atoms with E-state index < -0.39 is 10.0 Å². The molecule has 0 aromatic rings.